The van der Waals surface area contributed by atoms with Crippen LogP contribution < -0.4 is 0 Å². The quantitative estimate of drug-likeness (QED) is 0.653. The minimum atomic E-state index is -0.579. The highest BCUT2D eigenvalue weighted by Gasteiger charge is 2.35. The van der Waals surface area contributed by atoms with Crippen molar-refractivity contribution in [2.24, 2.45) is 0 Å². The van der Waals surface area contributed by atoms with Gasteiger partial charge in [-0.05, 0) is 30.2 Å². The van der Waals surface area contributed by atoms with Crippen molar-refractivity contribution in [3.05, 3.63) is 65.5 Å². The number of aromatic nitrogens is 2. The van der Waals surface area contributed by atoms with Crippen LogP contribution in [-0.4, -0.2) is 45.6 Å². The second kappa shape index (κ2) is 8.29. The number of hydrogen-bond acceptors (Lipinski definition) is 5. The Morgan fingerprint density at radius 1 is 1.21 bits per heavy atom. The maximum absolute atomic E-state index is 13.0. The lowest BCUT2D eigenvalue weighted by Gasteiger charge is -2.35. The molecule has 1 N–H and O–H groups in total. The summed E-state index contributed by atoms with van der Waals surface area (Å²) >= 11 is 1.51. The summed E-state index contributed by atoms with van der Waals surface area (Å²) in [6.45, 7) is 2.45. The molecular weight excluding hydrogens is 386 g/mol. The number of carbonyl (C=O) groups excluding carboxylic acids is 2. The predicted molar refractivity (Wildman–Crippen MR) is 113 cm³/mol. The van der Waals surface area contributed by atoms with Crippen LogP contribution in [0.1, 0.15) is 29.1 Å². The van der Waals surface area contributed by atoms with E-state index in [0.29, 0.717) is 13.0 Å². The maximum atomic E-state index is 13.0. The molecule has 1 aromatic heterocycles. The van der Waals surface area contributed by atoms with E-state index >= 15 is 0 Å². The maximum Gasteiger partial charge on any atom is 0.328 e. The van der Waals surface area contributed by atoms with Crippen molar-refractivity contribution in [3.8, 4) is 0 Å². The first-order valence-electron chi connectivity index (χ1n) is 9.57. The average Bonchev–Trinajstić information content (AvgIpc) is 3.20. The van der Waals surface area contributed by atoms with Crippen LogP contribution in [0.25, 0.3) is 11.0 Å². The number of esters is 1. The van der Waals surface area contributed by atoms with Gasteiger partial charge in [0.05, 0.1) is 29.1 Å². The molecule has 2 heterocycles. The molecule has 2 atom stereocenters. The number of imidazole rings is 1. The lowest BCUT2D eigenvalue weighted by molar-refractivity contribution is -0.153. The van der Waals surface area contributed by atoms with Gasteiger partial charge >= 0.3 is 5.97 Å². The van der Waals surface area contributed by atoms with Gasteiger partial charge in [-0.15, -0.1) is 11.8 Å². The predicted octanol–water partition coefficient (Wildman–Crippen LogP) is 3.48. The number of hydrogen-bond donors (Lipinski definition) is 1. The van der Waals surface area contributed by atoms with Crippen LogP contribution >= 0.6 is 11.8 Å². The first kappa shape index (κ1) is 19.5. The SMILES string of the molecule is COC(=O)C1Cc2ccccc2CN1C(=O)CSC(C)c1nc2ccccc2[nH]1. The molecule has 0 saturated carbocycles. The molecule has 2 unspecified atom stereocenters. The van der Waals surface area contributed by atoms with Crippen molar-refractivity contribution in [3.63, 3.8) is 0 Å². The van der Waals surface area contributed by atoms with Crippen LogP contribution in [0.5, 0.6) is 0 Å². The molecule has 0 radical (unpaired) electrons. The number of nitrogens with one attached hydrogen (secondary N) is 1. The molecule has 0 fully saturated rings. The first-order chi connectivity index (χ1) is 14.1. The number of nitrogens with zero attached hydrogens (tertiary/aromatic N) is 2. The van der Waals surface area contributed by atoms with Crippen molar-refractivity contribution in [1.82, 2.24) is 14.9 Å². The highest BCUT2D eigenvalue weighted by Crippen LogP contribution is 2.30. The fourth-order valence-electron chi connectivity index (χ4n) is 3.65. The Bertz CT molecular complexity index is 1020. The third-order valence-corrected chi connectivity index (χ3v) is 6.43. The van der Waals surface area contributed by atoms with Crippen LogP contribution in [-0.2, 0) is 27.3 Å². The van der Waals surface area contributed by atoms with Gasteiger partial charge < -0.3 is 14.6 Å². The number of para-hydroxylation sites is 2. The van der Waals surface area contributed by atoms with E-state index in [9.17, 15) is 9.59 Å². The van der Waals surface area contributed by atoms with Crippen molar-refractivity contribution >= 4 is 34.7 Å². The Kier molecular flexibility index (Phi) is 5.58. The van der Waals surface area contributed by atoms with Crippen LogP contribution in [0.15, 0.2) is 48.5 Å². The van der Waals surface area contributed by atoms with E-state index in [-0.39, 0.29) is 22.9 Å². The number of amides is 1. The zero-order chi connectivity index (χ0) is 20.4. The van der Waals surface area contributed by atoms with Crippen LogP contribution in [0, 0.1) is 0 Å². The monoisotopic (exact) mass is 409 g/mol. The third-order valence-electron chi connectivity index (χ3n) is 5.29. The van der Waals surface area contributed by atoms with Crippen molar-refractivity contribution in [1.29, 1.82) is 0 Å². The number of ether oxygens (including phenoxy) is 1. The number of carbonyl (C=O) groups is 2. The smallest absolute Gasteiger partial charge is 0.328 e. The fourth-order valence-corrected chi connectivity index (χ4v) is 4.48. The number of rotatable bonds is 5. The van der Waals surface area contributed by atoms with E-state index in [1.165, 1.54) is 18.9 Å². The zero-order valence-electron chi connectivity index (χ0n) is 16.4. The number of methoxy groups -OCH3 is 1. The van der Waals surface area contributed by atoms with Crippen LogP contribution in [0.4, 0.5) is 0 Å². The molecule has 2 aromatic carbocycles. The van der Waals surface area contributed by atoms with E-state index in [2.05, 4.69) is 9.97 Å². The average molecular weight is 410 g/mol. The van der Waals surface area contributed by atoms with Crippen molar-refractivity contribution in [2.45, 2.75) is 31.2 Å². The molecule has 150 valence electrons. The molecule has 1 aliphatic heterocycles. The summed E-state index contributed by atoms with van der Waals surface area (Å²) in [6, 6.07) is 15.2. The molecule has 1 aliphatic rings. The fraction of sp³-hybridized carbons (Fsp3) is 0.318. The van der Waals surface area contributed by atoms with Gasteiger partial charge in [0, 0.05) is 13.0 Å². The van der Waals surface area contributed by atoms with Gasteiger partial charge in [-0.2, -0.15) is 0 Å². The number of H-pyrrole nitrogens is 1. The molecule has 0 saturated heterocycles. The number of thioether (sulfide) groups is 1. The Morgan fingerprint density at radius 3 is 2.69 bits per heavy atom. The zero-order valence-corrected chi connectivity index (χ0v) is 17.2. The molecular formula is C22H23N3O3S. The molecule has 0 aliphatic carbocycles. The van der Waals surface area contributed by atoms with Gasteiger partial charge in [0.15, 0.2) is 0 Å². The first-order valence-corrected chi connectivity index (χ1v) is 10.6. The topological polar surface area (TPSA) is 75.3 Å². The standard InChI is InChI=1S/C22H23N3O3S/c1-14(21-23-17-9-5-6-10-18(17)24-21)29-13-20(26)25-12-16-8-4-3-7-15(16)11-19(25)22(27)28-2/h3-10,14,19H,11-13H2,1-2H3,(H,23,24). The number of aromatic amines is 1. The summed E-state index contributed by atoms with van der Waals surface area (Å²) in [5, 5.41) is 0.0278. The Labute approximate surface area is 173 Å². The summed E-state index contributed by atoms with van der Waals surface area (Å²) in [5.41, 5.74) is 4.07. The third kappa shape index (κ3) is 4.00. The van der Waals surface area contributed by atoms with Gasteiger partial charge in [0.2, 0.25) is 5.91 Å². The number of fused-ring (bicyclic) bond motifs is 2. The van der Waals surface area contributed by atoms with Gasteiger partial charge in [-0.1, -0.05) is 36.4 Å². The molecule has 7 heteroatoms. The summed E-state index contributed by atoms with van der Waals surface area (Å²) in [6.07, 6.45) is 0.485. The molecule has 29 heavy (non-hydrogen) atoms. The summed E-state index contributed by atoms with van der Waals surface area (Å²) < 4.78 is 4.96. The van der Waals surface area contributed by atoms with Crippen molar-refractivity contribution < 1.29 is 14.3 Å². The van der Waals surface area contributed by atoms with Gasteiger partial charge in [-0.3, -0.25) is 4.79 Å². The van der Waals surface area contributed by atoms with E-state index < -0.39 is 6.04 Å². The second-order valence-electron chi connectivity index (χ2n) is 7.13. The number of benzene rings is 2. The largest absolute Gasteiger partial charge is 0.467 e. The second-order valence-corrected chi connectivity index (χ2v) is 8.45. The Balaban J connectivity index is 1.46. The molecule has 6 nitrogen and oxygen atoms in total. The van der Waals surface area contributed by atoms with E-state index in [4.69, 9.17) is 4.74 Å². The lowest BCUT2D eigenvalue weighted by Crippen LogP contribution is -2.49. The molecule has 0 bridgehead atoms. The minimum absolute atomic E-state index is 0.0278. The van der Waals surface area contributed by atoms with E-state index in [0.717, 1.165) is 28.0 Å². The Hall–Kier alpha value is -2.80. The van der Waals surface area contributed by atoms with Gasteiger partial charge in [0.25, 0.3) is 0 Å². The van der Waals surface area contributed by atoms with Crippen LogP contribution in [0.3, 0.4) is 0 Å². The minimum Gasteiger partial charge on any atom is -0.467 e. The highest BCUT2D eigenvalue weighted by molar-refractivity contribution is 8.00. The summed E-state index contributed by atoms with van der Waals surface area (Å²) in [7, 11) is 1.36. The van der Waals surface area contributed by atoms with Crippen molar-refractivity contribution in [2.75, 3.05) is 12.9 Å². The van der Waals surface area contributed by atoms with Gasteiger partial charge in [-0.25, -0.2) is 9.78 Å². The van der Waals surface area contributed by atoms with E-state index in [1.54, 1.807) is 4.90 Å². The summed E-state index contributed by atoms with van der Waals surface area (Å²) in [4.78, 5) is 34.9. The molecule has 0 spiro atoms. The normalized spacial score (nSPS) is 17.0. The molecule has 1 amide bonds. The van der Waals surface area contributed by atoms with Gasteiger partial charge in [0.1, 0.15) is 11.9 Å². The van der Waals surface area contributed by atoms with E-state index in [1.807, 2.05) is 55.5 Å². The Morgan fingerprint density at radius 2 is 1.93 bits per heavy atom. The molecule has 3 aromatic rings. The summed E-state index contributed by atoms with van der Waals surface area (Å²) in [5.74, 6) is 0.678. The highest BCUT2D eigenvalue weighted by atomic mass is 32.2. The van der Waals surface area contributed by atoms with Crippen LogP contribution in [0.2, 0.25) is 0 Å². The molecule has 4 rings (SSSR count). The lowest BCUT2D eigenvalue weighted by atomic mass is 9.94.